The third kappa shape index (κ3) is 5.01. The van der Waals surface area contributed by atoms with Crippen LogP contribution in [-0.4, -0.2) is 27.6 Å². The molecule has 170 valence electrons. The number of hydrogen-bond acceptors (Lipinski definition) is 4. The molecule has 0 atom stereocenters. The molecule has 1 amide bonds. The van der Waals surface area contributed by atoms with Crippen LogP contribution in [0, 0.1) is 6.92 Å². The first kappa shape index (κ1) is 22.8. The van der Waals surface area contributed by atoms with E-state index in [4.69, 9.17) is 26.3 Å². The summed E-state index contributed by atoms with van der Waals surface area (Å²) < 4.78 is 7.71. The van der Waals surface area contributed by atoms with Crippen molar-refractivity contribution in [3.63, 3.8) is 0 Å². The van der Waals surface area contributed by atoms with Gasteiger partial charge in [-0.25, -0.2) is 9.97 Å². The number of methoxy groups -OCH3 is 1. The van der Waals surface area contributed by atoms with Crippen LogP contribution in [0.1, 0.15) is 47.2 Å². The van der Waals surface area contributed by atoms with E-state index in [0.29, 0.717) is 22.8 Å². The predicted molar refractivity (Wildman–Crippen MR) is 132 cm³/mol. The van der Waals surface area contributed by atoms with Crippen molar-refractivity contribution in [3.05, 3.63) is 82.3 Å². The molecule has 1 N–H and O–H groups in total. The van der Waals surface area contributed by atoms with Crippen LogP contribution in [0.15, 0.2) is 54.6 Å². The molecule has 0 aliphatic carbocycles. The Hall–Kier alpha value is -3.38. The summed E-state index contributed by atoms with van der Waals surface area (Å²) in [5, 5.41) is 3.55. The van der Waals surface area contributed by atoms with Crippen molar-refractivity contribution in [1.82, 2.24) is 14.5 Å². The van der Waals surface area contributed by atoms with Crippen molar-refractivity contribution >= 4 is 34.4 Å². The number of imidazole rings is 1. The monoisotopic (exact) mass is 462 g/mol. The highest BCUT2D eigenvalue weighted by atomic mass is 35.5. The first-order valence-corrected chi connectivity index (χ1v) is 11.4. The van der Waals surface area contributed by atoms with Crippen LogP contribution < -0.4 is 10.1 Å². The summed E-state index contributed by atoms with van der Waals surface area (Å²) in [6.45, 7) is 4.67. The smallest absolute Gasteiger partial charge is 0.255 e. The minimum absolute atomic E-state index is 0.212. The number of rotatable bonds is 8. The average Bonchev–Trinajstić information content (AvgIpc) is 3.14. The first-order chi connectivity index (χ1) is 16.0. The summed E-state index contributed by atoms with van der Waals surface area (Å²) in [5.74, 6) is 1.60. The number of anilines is 1. The number of unbranched alkanes of at least 4 members (excludes halogenated alkanes) is 1. The van der Waals surface area contributed by atoms with Gasteiger partial charge in [0, 0.05) is 22.6 Å². The lowest BCUT2D eigenvalue weighted by Crippen LogP contribution is -2.13. The van der Waals surface area contributed by atoms with Gasteiger partial charge in [-0.1, -0.05) is 43.1 Å². The number of halogens is 1. The number of carbonyl (C=O) groups is 1. The van der Waals surface area contributed by atoms with Gasteiger partial charge >= 0.3 is 0 Å². The molecule has 33 heavy (non-hydrogen) atoms. The summed E-state index contributed by atoms with van der Waals surface area (Å²) in [6.07, 6.45) is 2.97. The van der Waals surface area contributed by atoms with E-state index in [1.54, 1.807) is 31.4 Å². The van der Waals surface area contributed by atoms with E-state index in [9.17, 15) is 4.79 Å². The standard InChI is InChI=1S/C26H27ClN4O2/c1-4-5-10-24-29-22-15-21(30-26(32)18-11-13-20(27)14-12-18)17(2)28-25(22)31(24)16-19-8-6-7-9-23(19)33-3/h6-9,11-15H,4-5,10,16H2,1-3H3,(H,30,32). The Morgan fingerprint density at radius 3 is 2.61 bits per heavy atom. The van der Waals surface area contributed by atoms with E-state index in [1.165, 1.54) is 0 Å². The van der Waals surface area contributed by atoms with Gasteiger partial charge in [0.2, 0.25) is 0 Å². The van der Waals surface area contributed by atoms with Gasteiger partial charge in [-0.3, -0.25) is 4.79 Å². The SMILES string of the molecule is CCCCc1nc2cc(NC(=O)c3ccc(Cl)cc3)c(C)nc2n1Cc1ccccc1OC. The van der Waals surface area contributed by atoms with Crippen molar-refractivity contribution in [2.75, 3.05) is 12.4 Å². The van der Waals surface area contributed by atoms with Crippen LogP contribution in [0.2, 0.25) is 5.02 Å². The Bertz CT molecular complexity index is 1280. The second-order valence-electron chi connectivity index (χ2n) is 7.95. The average molecular weight is 463 g/mol. The summed E-state index contributed by atoms with van der Waals surface area (Å²) in [6, 6.07) is 16.7. The molecule has 7 heteroatoms. The number of ether oxygens (including phenoxy) is 1. The fraction of sp³-hybridized carbons (Fsp3) is 0.269. The molecule has 4 rings (SSSR count). The van der Waals surface area contributed by atoms with E-state index >= 15 is 0 Å². The molecule has 2 aromatic carbocycles. The minimum atomic E-state index is -0.212. The predicted octanol–water partition coefficient (Wildman–Crippen LogP) is 6.04. The zero-order chi connectivity index (χ0) is 23.4. The molecular weight excluding hydrogens is 436 g/mol. The quantitative estimate of drug-likeness (QED) is 0.346. The zero-order valence-corrected chi connectivity index (χ0v) is 19.8. The van der Waals surface area contributed by atoms with Gasteiger partial charge in [-0.05, 0) is 49.7 Å². The fourth-order valence-electron chi connectivity index (χ4n) is 3.80. The molecule has 0 aliphatic rings. The maximum atomic E-state index is 12.7. The van der Waals surface area contributed by atoms with Gasteiger partial charge in [0.05, 0.1) is 25.0 Å². The summed E-state index contributed by atoms with van der Waals surface area (Å²) >= 11 is 5.94. The molecule has 0 unspecified atom stereocenters. The zero-order valence-electron chi connectivity index (χ0n) is 19.1. The number of nitrogens with one attached hydrogen (secondary N) is 1. The number of amides is 1. The Kier molecular flexibility index (Phi) is 6.94. The second kappa shape index (κ2) is 10.0. The second-order valence-corrected chi connectivity index (χ2v) is 8.39. The molecule has 2 heterocycles. The molecule has 0 bridgehead atoms. The number of hydrogen-bond donors (Lipinski definition) is 1. The number of para-hydroxylation sites is 1. The molecule has 2 aromatic heterocycles. The Morgan fingerprint density at radius 1 is 1.12 bits per heavy atom. The lowest BCUT2D eigenvalue weighted by atomic mass is 10.2. The van der Waals surface area contributed by atoms with E-state index in [0.717, 1.165) is 53.3 Å². The van der Waals surface area contributed by atoms with Gasteiger partial charge < -0.3 is 14.6 Å². The Labute approximate surface area is 198 Å². The van der Waals surface area contributed by atoms with E-state index in [1.807, 2.05) is 31.2 Å². The lowest BCUT2D eigenvalue weighted by Gasteiger charge is -2.13. The highest BCUT2D eigenvalue weighted by molar-refractivity contribution is 6.30. The van der Waals surface area contributed by atoms with Crippen LogP contribution in [0.5, 0.6) is 5.75 Å². The normalized spacial score (nSPS) is 11.0. The van der Waals surface area contributed by atoms with Crippen LogP contribution in [0.4, 0.5) is 5.69 Å². The molecular formula is C26H27ClN4O2. The van der Waals surface area contributed by atoms with Crippen LogP contribution in [-0.2, 0) is 13.0 Å². The van der Waals surface area contributed by atoms with Crippen LogP contribution in [0.25, 0.3) is 11.2 Å². The number of pyridine rings is 1. The van der Waals surface area contributed by atoms with E-state index in [2.05, 4.69) is 22.9 Å². The Morgan fingerprint density at radius 2 is 1.88 bits per heavy atom. The first-order valence-electron chi connectivity index (χ1n) is 11.1. The Balaban J connectivity index is 1.71. The maximum Gasteiger partial charge on any atom is 0.255 e. The van der Waals surface area contributed by atoms with E-state index in [-0.39, 0.29) is 5.91 Å². The molecule has 4 aromatic rings. The number of benzene rings is 2. The van der Waals surface area contributed by atoms with Gasteiger partial charge in [0.1, 0.15) is 17.1 Å². The van der Waals surface area contributed by atoms with Crippen LogP contribution >= 0.6 is 11.6 Å². The van der Waals surface area contributed by atoms with Gasteiger partial charge in [-0.15, -0.1) is 0 Å². The van der Waals surface area contributed by atoms with Crippen molar-refractivity contribution in [2.24, 2.45) is 0 Å². The topological polar surface area (TPSA) is 69.0 Å². The molecule has 0 spiro atoms. The number of fused-ring (bicyclic) bond motifs is 1. The molecule has 0 saturated heterocycles. The van der Waals surface area contributed by atoms with Crippen molar-refractivity contribution in [3.8, 4) is 5.75 Å². The van der Waals surface area contributed by atoms with E-state index < -0.39 is 0 Å². The number of aromatic nitrogens is 3. The van der Waals surface area contributed by atoms with Crippen LogP contribution in [0.3, 0.4) is 0 Å². The number of aryl methyl sites for hydroxylation is 2. The van der Waals surface area contributed by atoms with Gasteiger partial charge in [0.15, 0.2) is 5.65 Å². The molecule has 0 saturated carbocycles. The third-order valence-corrected chi connectivity index (χ3v) is 5.87. The largest absolute Gasteiger partial charge is 0.496 e. The highest BCUT2D eigenvalue weighted by Crippen LogP contribution is 2.26. The fourth-order valence-corrected chi connectivity index (χ4v) is 3.93. The highest BCUT2D eigenvalue weighted by Gasteiger charge is 2.17. The maximum absolute atomic E-state index is 12.7. The lowest BCUT2D eigenvalue weighted by molar-refractivity contribution is 0.102. The third-order valence-electron chi connectivity index (χ3n) is 5.62. The molecule has 6 nitrogen and oxygen atoms in total. The van der Waals surface area contributed by atoms with Crippen molar-refractivity contribution in [2.45, 2.75) is 39.7 Å². The minimum Gasteiger partial charge on any atom is -0.496 e. The number of carbonyl (C=O) groups excluding carboxylic acids is 1. The van der Waals surface area contributed by atoms with Gasteiger partial charge in [0.25, 0.3) is 5.91 Å². The van der Waals surface area contributed by atoms with Crippen molar-refractivity contribution in [1.29, 1.82) is 0 Å². The summed E-state index contributed by atoms with van der Waals surface area (Å²) in [5.41, 5.74) is 4.53. The molecule has 0 aliphatic heterocycles. The van der Waals surface area contributed by atoms with Crippen molar-refractivity contribution < 1.29 is 9.53 Å². The number of nitrogens with zero attached hydrogens (tertiary/aromatic N) is 3. The van der Waals surface area contributed by atoms with Gasteiger partial charge in [-0.2, -0.15) is 0 Å². The molecule has 0 fully saturated rings. The summed E-state index contributed by atoms with van der Waals surface area (Å²) in [4.78, 5) is 22.4. The summed E-state index contributed by atoms with van der Waals surface area (Å²) in [7, 11) is 1.68. The molecule has 0 radical (unpaired) electrons.